The molecule has 0 saturated heterocycles. The number of hydrogen-bond acceptors (Lipinski definition) is 6. The maximum atomic E-state index is 5.91. The van der Waals surface area contributed by atoms with Gasteiger partial charge < -0.3 is 9.47 Å². The van der Waals surface area contributed by atoms with E-state index in [-0.39, 0.29) is 0 Å². The van der Waals surface area contributed by atoms with E-state index in [0.717, 1.165) is 32.7 Å². The summed E-state index contributed by atoms with van der Waals surface area (Å²) in [5.74, 6) is 2.19. The lowest BCUT2D eigenvalue weighted by atomic mass is 10.1. The molecular weight excluding hydrogens is 348 g/mol. The molecule has 4 rings (SSSR count). The van der Waals surface area contributed by atoms with Crippen LogP contribution >= 0.6 is 11.3 Å². The molecule has 0 spiro atoms. The highest BCUT2D eigenvalue weighted by atomic mass is 32.1. The maximum Gasteiger partial charge on any atom is 0.235 e. The summed E-state index contributed by atoms with van der Waals surface area (Å²) in [5, 5.41) is 14.0. The molecular formula is C19H18N4O2S. The molecule has 0 bridgehead atoms. The Morgan fingerprint density at radius 2 is 1.69 bits per heavy atom. The molecule has 0 atom stereocenters. The normalized spacial score (nSPS) is 11.0. The van der Waals surface area contributed by atoms with Crippen molar-refractivity contribution in [3.8, 4) is 22.9 Å². The van der Waals surface area contributed by atoms with Crippen LogP contribution in [0.5, 0.6) is 11.5 Å². The third kappa shape index (κ3) is 3.13. The van der Waals surface area contributed by atoms with Crippen LogP contribution in [-0.4, -0.2) is 26.4 Å². The van der Waals surface area contributed by atoms with E-state index >= 15 is 0 Å². The number of hydrogen-bond donors (Lipinski definition) is 0. The van der Waals surface area contributed by atoms with Gasteiger partial charge in [-0.1, -0.05) is 47.7 Å². The average Bonchev–Trinajstić information content (AvgIpc) is 3.22. The molecule has 0 radical (unpaired) electrons. The smallest absolute Gasteiger partial charge is 0.235 e. The molecule has 4 aromatic rings. The molecule has 2 aromatic heterocycles. The first-order valence-electron chi connectivity index (χ1n) is 8.38. The summed E-state index contributed by atoms with van der Waals surface area (Å²) in [7, 11) is 0. The standard InChI is InChI=1S/C19H18N4O2S/c1-3-24-15-10-6-7-11-16(15)25-12-17-22-23-18(20-21-19(23)26-17)14-9-5-4-8-13(14)2/h4-11H,3,12H2,1-2H3. The minimum atomic E-state index is 0.353. The third-order valence-corrected chi connectivity index (χ3v) is 4.79. The second-order valence-electron chi connectivity index (χ2n) is 5.70. The molecule has 2 aromatic carbocycles. The SMILES string of the molecule is CCOc1ccccc1OCc1nn2c(-c3ccccc3C)nnc2s1. The minimum Gasteiger partial charge on any atom is -0.490 e. The Morgan fingerprint density at radius 1 is 0.962 bits per heavy atom. The van der Waals surface area contributed by atoms with Crippen molar-refractivity contribution in [3.63, 3.8) is 0 Å². The van der Waals surface area contributed by atoms with E-state index in [0.29, 0.717) is 19.0 Å². The molecule has 0 saturated carbocycles. The molecule has 0 aliphatic heterocycles. The van der Waals surface area contributed by atoms with Gasteiger partial charge in [0.05, 0.1) is 6.61 Å². The Morgan fingerprint density at radius 3 is 2.46 bits per heavy atom. The molecule has 0 aliphatic carbocycles. The van der Waals surface area contributed by atoms with Crippen LogP contribution in [0.1, 0.15) is 17.5 Å². The van der Waals surface area contributed by atoms with Crippen molar-refractivity contribution in [1.82, 2.24) is 19.8 Å². The van der Waals surface area contributed by atoms with Crippen LogP contribution in [0.3, 0.4) is 0 Å². The Labute approximate surface area is 155 Å². The summed E-state index contributed by atoms with van der Waals surface area (Å²) in [5.41, 5.74) is 2.16. The van der Waals surface area contributed by atoms with E-state index in [1.807, 2.05) is 49.4 Å². The fourth-order valence-electron chi connectivity index (χ4n) is 2.69. The largest absolute Gasteiger partial charge is 0.490 e. The number of ether oxygens (including phenoxy) is 2. The van der Waals surface area contributed by atoms with E-state index < -0.39 is 0 Å². The number of para-hydroxylation sites is 2. The Balaban J connectivity index is 1.59. The van der Waals surface area contributed by atoms with Crippen molar-refractivity contribution in [2.45, 2.75) is 20.5 Å². The first-order chi connectivity index (χ1) is 12.8. The van der Waals surface area contributed by atoms with Gasteiger partial charge in [-0.3, -0.25) is 0 Å². The Kier molecular flexibility index (Phi) is 4.53. The first kappa shape index (κ1) is 16.5. The highest BCUT2D eigenvalue weighted by Gasteiger charge is 2.15. The van der Waals surface area contributed by atoms with Gasteiger partial charge in [-0.25, -0.2) is 0 Å². The van der Waals surface area contributed by atoms with E-state index in [4.69, 9.17) is 9.47 Å². The topological polar surface area (TPSA) is 61.5 Å². The van der Waals surface area contributed by atoms with E-state index in [9.17, 15) is 0 Å². The first-order valence-corrected chi connectivity index (χ1v) is 9.19. The summed E-state index contributed by atoms with van der Waals surface area (Å²) in [4.78, 5) is 0.750. The highest BCUT2D eigenvalue weighted by Crippen LogP contribution is 2.28. The molecule has 0 N–H and O–H groups in total. The molecule has 2 heterocycles. The zero-order valence-electron chi connectivity index (χ0n) is 14.5. The molecule has 0 fully saturated rings. The number of rotatable bonds is 6. The molecule has 0 unspecified atom stereocenters. The number of fused-ring (bicyclic) bond motifs is 1. The monoisotopic (exact) mass is 366 g/mol. The van der Waals surface area contributed by atoms with Gasteiger partial charge in [-0.2, -0.15) is 9.61 Å². The van der Waals surface area contributed by atoms with E-state index in [1.165, 1.54) is 11.3 Å². The number of aromatic nitrogens is 4. The Bertz CT molecular complexity index is 1040. The van der Waals surface area contributed by atoms with Gasteiger partial charge in [-0.05, 0) is 31.5 Å². The lowest BCUT2D eigenvalue weighted by Crippen LogP contribution is -2.00. The molecule has 0 aliphatic rings. The van der Waals surface area contributed by atoms with Crippen molar-refractivity contribution < 1.29 is 9.47 Å². The summed E-state index contributed by atoms with van der Waals surface area (Å²) in [6.45, 7) is 4.95. The molecule has 26 heavy (non-hydrogen) atoms. The summed E-state index contributed by atoms with van der Waals surface area (Å²) >= 11 is 1.47. The lowest BCUT2D eigenvalue weighted by Gasteiger charge is -2.10. The van der Waals surface area contributed by atoms with Crippen molar-refractivity contribution in [3.05, 3.63) is 59.1 Å². The third-order valence-electron chi connectivity index (χ3n) is 3.92. The van der Waals surface area contributed by atoms with Gasteiger partial charge in [-0.15, -0.1) is 10.2 Å². The van der Waals surface area contributed by atoms with Gasteiger partial charge in [0.1, 0.15) is 6.61 Å². The highest BCUT2D eigenvalue weighted by molar-refractivity contribution is 7.16. The van der Waals surface area contributed by atoms with Crippen LogP contribution in [0.15, 0.2) is 48.5 Å². The van der Waals surface area contributed by atoms with Gasteiger partial charge >= 0.3 is 0 Å². The second-order valence-corrected chi connectivity index (χ2v) is 6.74. The molecule has 6 nitrogen and oxygen atoms in total. The summed E-state index contributed by atoms with van der Waals surface area (Å²) in [6.07, 6.45) is 0. The fraction of sp³-hybridized carbons (Fsp3) is 0.211. The maximum absolute atomic E-state index is 5.91. The van der Waals surface area contributed by atoms with Crippen molar-refractivity contribution in [2.24, 2.45) is 0 Å². The zero-order valence-corrected chi connectivity index (χ0v) is 15.4. The van der Waals surface area contributed by atoms with Gasteiger partial charge in [0, 0.05) is 5.56 Å². The number of aryl methyl sites for hydroxylation is 1. The fourth-order valence-corrected chi connectivity index (χ4v) is 3.44. The van der Waals surface area contributed by atoms with Gasteiger partial charge in [0.25, 0.3) is 0 Å². The number of nitrogens with zero attached hydrogens (tertiary/aromatic N) is 4. The van der Waals surface area contributed by atoms with Crippen molar-refractivity contribution in [2.75, 3.05) is 6.61 Å². The Hall–Kier alpha value is -2.93. The summed E-state index contributed by atoms with van der Waals surface area (Å²) in [6, 6.07) is 15.7. The van der Waals surface area contributed by atoms with Crippen LogP contribution < -0.4 is 9.47 Å². The predicted molar refractivity (Wildman–Crippen MR) is 101 cm³/mol. The quantitative estimate of drug-likeness (QED) is 0.513. The number of benzene rings is 2. The molecule has 132 valence electrons. The zero-order chi connectivity index (χ0) is 17.9. The lowest BCUT2D eigenvalue weighted by molar-refractivity contribution is 0.268. The second kappa shape index (κ2) is 7.13. The molecule has 0 amide bonds. The van der Waals surface area contributed by atoms with E-state index in [2.05, 4.69) is 28.3 Å². The van der Waals surface area contributed by atoms with Crippen molar-refractivity contribution >= 4 is 16.3 Å². The minimum absolute atomic E-state index is 0.353. The van der Waals surface area contributed by atoms with Gasteiger partial charge in [0.15, 0.2) is 22.3 Å². The van der Waals surface area contributed by atoms with Crippen LogP contribution in [0.25, 0.3) is 16.3 Å². The van der Waals surface area contributed by atoms with Gasteiger partial charge in [0.2, 0.25) is 4.96 Å². The van der Waals surface area contributed by atoms with Crippen LogP contribution in [-0.2, 0) is 6.61 Å². The molecule has 7 heteroatoms. The van der Waals surface area contributed by atoms with E-state index in [1.54, 1.807) is 4.52 Å². The van der Waals surface area contributed by atoms with Crippen LogP contribution in [0.4, 0.5) is 0 Å². The van der Waals surface area contributed by atoms with Crippen LogP contribution in [0, 0.1) is 6.92 Å². The average molecular weight is 366 g/mol. The predicted octanol–water partition coefficient (Wildman–Crippen LogP) is 4.14. The summed E-state index contributed by atoms with van der Waals surface area (Å²) < 4.78 is 13.3. The van der Waals surface area contributed by atoms with Crippen molar-refractivity contribution in [1.29, 1.82) is 0 Å². The van der Waals surface area contributed by atoms with Crippen LogP contribution in [0.2, 0.25) is 0 Å².